The second kappa shape index (κ2) is 7.06. The zero-order chi connectivity index (χ0) is 12.7. The maximum Gasteiger partial charge on any atom is 0.303 e. The third-order valence-corrected chi connectivity index (χ3v) is 2.90. The van der Waals surface area contributed by atoms with Gasteiger partial charge in [0, 0.05) is 31.3 Å². The molecule has 0 aromatic carbocycles. The van der Waals surface area contributed by atoms with E-state index in [2.05, 4.69) is 17.3 Å². The zero-order valence-corrected chi connectivity index (χ0v) is 10.6. The third kappa shape index (κ3) is 4.99. The fourth-order valence-corrected chi connectivity index (χ4v) is 1.64. The highest BCUT2D eigenvalue weighted by atomic mass is 16.4. The van der Waals surface area contributed by atoms with Crippen LogP contribution in [0.1, 0.15) is 36.9 Å². The van der Waals surface area contributed by atoms with E-state index in [4.69, 9.17) is 5.11 Å². The van der Waals surface area contributed by atoms with Crippen molar-refractivity contribution >= 4 is 5.97 Å². The van der Waals surface area contributed by atoms with E-state index in [1.54, 1.807) is 0 Å². The molecule has 96 valence electrons. The number of hydrogen-bond acceptors (Lipinski definition) is 3. The van der Waals surface area contributed by atoms with Crippen LogP contribution in [0.15, 0.2) is 6.20 Å². The van der Waals surface area contributed by atoms with Crippen LogP contribution >= 0.6 is 0 Å². The molecule has 0 bridgehead atoms. The summed E-state index contributed by atoms with van der Waals surface area (Å²) in [5, 5.41) is 16.0. The van der Waals surface area contributed by atoms with Crippen LogP contribution in [-0.2, 0) is 18.4 Å². The van der Waals surface area contributed by atoms with Crippen LogP contribution in [0.3, 0.4) is 0 Å². The largest absolute Gasteiger partial charge is 0.481 e. The lowest BCUT2D eigenvalue weighted by molar-refractivity contribution is -0.137. The number of carboxylic acid groups (broad SMARTS) is 1. The van der Waals surface area contributed by atoms with Crippen LogP contribution in [0.25, 0.3) is 0 Å². The van der Waals surface area contributed by atoms with Gasteiger partial charge in [-0.3, -0.25) is 9.48 Å². The Bertz CT molecular complexity index is 361. The quantitative estimate of drug-likeness (QED) is 0.674. The highest BCUT2D eigenvalue weighted by molar-refractivity contribution is 5.66. The minimum absolute atomic E-state index is 0.279. The molecule has 1 aromatic heterocycles. The molecular weight excluding hydrogens is 218 g/mol. The van der Waals surface area contributed by atoms with Gasteiger partial charge in [0.15, 0.2) is 0 Å². The van der Waals surface area contributed by atoms with Gasteiger partial charge in [-0.05, 0) is 26.3 Å². The number of unbranched alkanes of at least 4 members (excludes halogenated alkanes) is 2. The summed E-state index contributed by atoms with van der Waals surface area (Å²) in [4.78, 5) is 10.3. The Labute approximate surface area is 102 Å². The molecule has 0 aliphatic heterocycles. The second-order valence-corrected chi connectivity index (χ2v) is 4.26. The molecule has 0 unspecified atom stereocenters. The van der Waals surface area contributed by atoms with E-state index in [1.807, 2.05) is 17.9 Å². The van der Waals surface area contributed by atoms with Gasteiger partial charge in [0.2, 0.25) is 0 Å². The molecule has 5 nitrogen and oxygen atoms in total. The fourth-order valence-electron chi connectivity index (χ4n) is 1.64. The Morgan fingerprint density at radius 2 is 2.24 bits per heavy atom. The molecule has 0 amide bonds. The van der Waals surface area contributed by atoms with E-state index in [0.717, 1.165) is 32.4 Å². The summed E-state index contributed by atoms with van der Waals surface area (Å²) in [5.74, 6) is -0.705. The molecule has 1 rings (SSSR count). The van der Waals surface area contributed by atoms with E-state index in [1.165, 1.54) is 11.3 Å². The lowest BCUT2D eigenvalue weighted by Gasteiger charge is -2.04. The van der Waals surface area contributed by atoms with E-state index >= 15 is 0 Å². The Morgan fingerprint density at radius 3 is 2.82 bits per heavy atom. The molecule has 0 saturated heterocycles. The highest BCUT2D eigenvalue weighted by Gasteiger charge is 2.02. The lowest BCUT2D eigenvalue weighted by atomic mass is 10.2. The summed E-state index contributed by atoms with van der Waals surface area (Å²) in [6, 6.07) is 0. The predicted molar refractivity (Wildman–Crippen MR) is 65.8 cm³/mol. The standard InChI is InChI=1S/C12H21N3O2/c1-10-11(9-14-15(10)2)8-13-7-5-3-4-6-12(16)17/h9,13H,3-8H2,1-2H3,(H,16,17). The van der Waals surface area contributed by atoms with Crippen LogP contribution in [-0.4, -0.2) is 27.4 Å². The number of nitrogens with zero attached hydrogens (tertiary/aromatic N) is 2. The van der Waals surface area contributed by atoms with Gasteiger partial charge in [-0.2, -0.15) is 5.10 Å². The maximum atomic E-state index is 10.3. The van der Waals surface area contributed by atoms with Gasteiger partial charge < -0.3 is 10.4 Å². The first-order chi connectivity index (χ1) is 8.11. The maximum absolute atomic E-state index is 10.3. The van der Waals surface area contributed by atoms with E-state index in [9.17, 15) is 4.79 Å². The summed E-state index contributed by atoms with van der Waals surface area (Å²) < 4.78 is 1.86. The van der Waals surface area contributed by atoms with Crippen LogP contribution in [0.2, 0.25) is 0 Å². The average Bonchev–Trinajstić information content (AvgIpc) is 2.59. The summed E-state index contributed by atoms with van der Waals surface area (Å²) in [7, 11) is 1.94. The van der Waals surface area contributed by atoms with Crippen LogP contribution in [0.4, 0.5) is 0 Å². The molecule has 0 saturated carbocycles. The molecule has 0 radical (unpaired) electrons. The number of aromatic nitrogens is 2. The van der Waals surface area contributed by atoms with Crippen LogP contribution in [0.5, 0.6) is 0 Å². The Morgan fingerprint density at radius 1 is 1.47 bits per heavy atom. The van der Waals surface area contributed by atoms with Crippen molar-refractivity contribution in [3.63, 3.8) is 0 Å². The topological polar surface area (TPSA) is 67.2 Å². The van der Waals surface area contributed by atoms with Crippen molar-refractivity contribution in [3.05, 3.63) is 17.5 Å². The van der Waals surface area contributed by atoms with E-state index < -0.39 is 5.97 Å². The summed E-state index contributed by atoms with van der Waals surface area (Å²) in [6.07, 6.45) is 4.91. The monoisotopic (exact) mass is 239 g/mol. The fraction of sp³-hybridized carbons (Fsp3) is 0.667. The van der Waals surface area contributed by atoms with Gasteiger partial charge in [-0.15, -0.1) is 0 Å². The first kappa shape index (κ1) is 13.7. The first-order valence-corrected chi connectivity index (χ1v) is 6.01. The Balaban J connectivity index is 2.05. The second-order valence-electron chi connectivity index (χ2n) is 4.26. The number of aryl methyl sites for hydroxylation is 1. The number of carbonyl (C=O) groups is 1. The van der Waals surface area contributed by atoms with Crippen molar-refractivity contribution in [2.24, 2.45) is 7.05 Å². The number of aliphatic carboxylic acids is 1. The summed E-state index contributed by atoms with van der Waals surface area (Å²) in [5.41, 5.74) is 2.40. The molecule has 5 heteroatoms. The Hall–Kier alpha value is -1.36. The number of rotatable bonds is 8. The number of nitrogens with one attached hydrogen (secondary N) is 1. The zero-order valence-electron chi connectivity index (χ0n) is 10.6. The van der Waals surface area contributed by atoms with Gasteiger partial charge in [-0.25, -0.2) is 0 Å². The highest BCUT2D eigenvalue weighted by Crippen LogP contribution is 2.05. The van der Waals surface area contributed by atoms with Crippen molar-refractivity contribution in [3.8, 4) is 0 Å². The van der Waals surface area contributed by atoms with Crippen molar-refractivity contribution in [1.29, 1.82) is 0 Å². The average molecular weight is 239 g/mol. The molecule has 0 atom stereocenters. The van der Waals surface area contributed by atoms with Gasteiger partial charge in [0.25, 0.3) is 0 Å². The molecule has 1 aromatic rings. The van der Waals surface area contributed by atoms with Crippen LogP contribution < -0.4 is 5.32 Å². The molecule has 0 aliphatic rings. The molecule has 0 spiro atoms. The minimum Gasteiger partial charge on any atom is -0.481 e. The smallest absolute Gasteiger partial charge is 0.303 e. The van der Waals surface area contributed by atoms with Gasteiger partial charge in [0.05, 0.1) is 6.20 Å². The van der Waals surface area contributed by atoms with Crippen molar-refractivity contribution in [1.82, 2.24) is 15.1 Å². The van der Waals surface area contributed by atoms with Crippen LogP contribution in [0, 0.1) is 6.92 Å². The molecule has 0 fully saturated rings. The Kier molecular flexibility index (Phi) is 5.69. The normalized spacial score (nSPS) is 10.7. The molecular formula is C12H21N3O2. The SMILES string of the molecule is Cc1c(CNCCCCCC(=O)O)cnn1C. The van der Waals surface area contributed by atoms with E-state index in [-0.39, 0.29) is 6.42 Å². The summed E-state index contributed by atoms with van der Waals surface area (Å²) >= 11 is 0. The summed E-state index contributed by atoms with van der Waals surface area (Å²) in [6.45, 7) is 3.81. The molecule has 17 heavy (non-hydrogen) atoms. The van der Waals surface area contributed by atoms with Crippen molar-refractivity contribution in [2.45, 2.75) is 39.2 Å². The van der Waals surface area contributed by atoms with Crippen molar-refractivity contribution < 1.29 is 9.90 Å². The van der Waals surface area contributed by atoms with Gasteiger partial charge >= 0.3 is 5.97 Å². The number of carboxylic acids is 1. The first-order valence-electron chi connectivity index (χ1n) is 6.01. The van der Waals surface area contributed by atoms with Crippen molar-refractivity contribution in [2.75, 3.05) is 6.54 Å². The van der Waals surface area contributed by atoms with Gasteiger partial charge in [-0.1, -0.05) is 6.42 Å². The molecule has 0 aliphatic carbocycles. The number of hydrogen-bond donors (Lipinski definition) is 2. The van der Waals surface area contributed by atoms with Gasteiger partial charge in [0.1, 0.15) is 0 Å². The third-order valence-electron chi connectivity index (χ3n) is 2.90. The minimum atomic E-state index is -0.705. The predicted octanol–water partition coefficient (Wildman–Crippen LogP) is 1.46. The molecule has 1 heterocycles. The van der Waals surface area contributed by atoms with E-state index in [0.29, 0.717) is 0 Å². The lowest BCUT2D eigenvalue weighted by Crippen LogP contribution is -2.15. The molecule has 2 N–H and O–H groups in total.